The molecule has 0 aliphatic carbocycles. The van der Waals surface area contributed by atoms with E-state index < -0.39 is 0 Å². The highest BCUT2D eigenvalue weighted by Gasteiger charge is 2.21. The van der Waals surface area contributed by atoms with Crippen LogP contribution in [0.1, 0.15) is 49.7 Å². The Kier molecular flexibility index (Phi) is 9.95. The molecule has 1 atom stereocenters. The molecule has 2 aromatic rings. The zero-order valence-corrected chi connectivity index (χ0v) is 19.3. The van der Waals surface area contributed by atoms with Crippen molar-refractivity contribution < 1.29 is 14.4 Å². The Balaban J connectivity index is 1.50. The number of carbonyl (C=O) groups excluding carboxylic acids is 3. The first-order valence-corrected chi connectivity index (χ1v) is 12.0. The lowest BCUT2D eigenvalue weighted by molar-refractivity contribution is -0.132. The summed E-state index contributed by atoms with van der Waals surface area (Å²) in [7, 11) is 0. The van der Waals surface area contributed by atoms with E-state index in [0.717, 1.165) is 24.8 Å². The van der Waals surface area contributed by atoms with Crippen LogP contribution in [0.5, 0.6) is 0 Å². The molecule has 1 aliphatic heterocycles. The quantitative estimate of drug-likeness (QED) is 0.680. The van der Waals surface area contributed by atoms with E-state index in [1.54, 1.807) is 4.90 Å². The van der Waals surface area contributed by atoms with Gasteiger partial charge in [-0.15, -0.1) is 0 Å². The first kappa shape index (κ1) is 24.5. The van der Waals surface area contributed by atoms with E-state index >= 15 is 0 Å². The van der Waals surface area contributed by atoms with Gasteiger partial charge in [-0.2, -0.15) is 0 Å². The summed E-state index contributed by atoms with van der Waals surface area (Å²) < 4.78 is 0. The van der Waals surface area contributed by atoms with Crippen LogP contribution in [0.3, 0.4) is 0 Å². The van der Waals surface area contributed by atoms with Gasteiger partial charge in [0.1, 0.15) is 0 Å². The number of hydrogen-bond acceptors (Lipinski definition) is 3. The summed E-state index contributed by atoms with van der Waals surface area (Å²) in [5.41, 5.74) is 2.29. The molecule has 0 saturated carbocycles. The van der Waals surface area contributed by atoms with Crippen molar-refractivity contribution >= 4 is 17.7 Å². The SMILES string of the molecule is O=C1CCN(C(=O)CCCc2ccccc2)CCCC(C(=O)NCc2ccccc2)CCN1. The van der Waals surface area contributed by atoms with E-state index in [4.69, 9.17) is 0 Å². The monoisotopic (exact) mass is 449 g/mol. The zero-order chi connectivity index (χ0) is 23.3. The number of aryl methyl sites for hydroxylation is 1. The summed E-state index contributed by atoms with van der Waals surface area (Å²) in [4.78, 5) is 39.6. The van der Waals surface area contributed by atoms with Crippen molar-refractivity contribution in [2.45, 2.75) is 51.5 Å². The average Bonchev–Trinajstić information content (AvgIpc) is 2.88. The molecule has 0 bridgehead atoms. The maximum atomic E-state index is 12.8. The molecule has 176 valence electrons. The Morgan fingerprint density at radius 1 is 0.939 bits per heavy atom. The highest BCUT2D eigenvalue weighted by atomic mass is 16.2. The molecule has 1 saturated heterocycles. The second-order valence-corrected chi connectivity index (χ2v) is 8.65. The van der Waals surface area contributed by atoms with Crippen molar-refractivity contribution in [3.63, 3.8) is 0 Å². The molecule has 3 rings (SSSR count). The van der Waals surface area contributed by atoms with Crippen LogP contribution in [0.4, 0.5) is 0 Å². The van der Waals surface area contributed by atoms with Gasteiger partial charge in [0.25, 0.3) is 0 Å². The van der Waals surface area contributed by atoms with E-state index in [2.05, 4.69) is 22.8 Å². The van der Waals surface area contributed by atoms with Crippen LogP contribution in [-0.4, -0.2) is 42.3 Å². The number of nitrogens with zero attached hydrogens (tertiary/aromatic N) is 1. The molecule has 1 heterocycles. The van der Waals surface area contributed by atoms with Crippen LogP contribution < -0.4 is 10.6 Å². The van der Waals surface area contributed by atoms with Crippen LogP contribution in [0.25, 0.3) is 0 Å². The van der Waals surface area contributed by atoms with Gasteiger partial charge in [0, 0.05) is 44.9 Å². The van der Waals surface area contributed by atoms with Crippen LogP contribution >= 0.6 is 0 Å². The van der Waals surface area contributed by atoms with Crippen molar-refractivity contribution in [3.05, 3.63) is 71.8 Å². The number of hydrogen-bond donors (Lipinski definition) is 2. The Morgan fingerprint density at radius 2 is 1.64 bits per heavy atom. The molecule has 2 aromatic carbocycles. The zero-order valence-electron chi connectivity index (χ0n) is 19.3. The van der Waals surface area contributed by atoms with Gasteiger partial charge < -0.3 is 15.5 Å². The van der Waals surface area contributed by atoms with Crippen LogP contribution in [0.2, 0.25) is 0 Å². The smallest absolute Gasteiger partial charge is 0.223 e. The van der Waals surface area contributed by atoms with E-state index in [1.165, 1.54) is 5.56 Å². The molecule has 6 heteroatoms. The molecule has 6 nitrogen and oxygen atoms in total. The van der Waals surface area contributed by atoms with E-state index in [0.29, 0.717) is 51.9 Å². The fraction of sp³-hybridized carbons (Fsp3) is 0.444. The lowest BCUT2D eigenvalue weighted by atomic mass is 9.97. The minimum Gasteiger partial charge on any atom is -0.356 e. The number of nitrogens with one attached hydrogen (secondary N) is 2. The summed E-state index contributed by atoms with van der Waals surface area (Å²) in [5.74, 6) is -0.152. The number of amides is 3. The van der Waals surface area contributed by atoms with Crippen molar-refractivity contribution in [2.24, 2.45) is 5.92 Å². The average molecular weight is 450 g/mol. The van der Waals surface area contributed by atoms with Crippen molar-refractivity contribution in [1.29, 1.82) is 0 Å². The lowest BCUT2D eigenvalue weighted by Crippen LogP contribution is -2.35. The Labute approximate surface area is 196 Å². The van der Waals surface area contributed by atoms with Crippen LogP contribution in [0, 0.1) is 5.92 Å². The molecule has 0 radical (unpaired) electrons. The summed E-state index contributed by atoms with van der Waals surface area (Å²) in [6.07, 6.45) is 4.48. The molecule has 1 unspecified atom stereocenters. The summed E-state index contributed by atoms with van der Waals surface area (Å²) in [6.45, 7) is 1.99. The second-order valence-electron chi connectivity index (χ2n) is 8.65. The van der Waals surface area contributed by atoms with Gasteiger partial charge in [-0.25, -0.2) is 0 Å². The Morgan fingerprint density at radius 3 is 2.36 bits per heavy atom. The molecule has 33 heavy (non-hydrogen) atoms. The standard InChI is InChI=1S/C27H35N3O3/c31-25-17-20-30(26(32)15-7-13-22-9-3-1-4-10-22)19-8-14-24(16-18-28-25)27(33)29-21-23-11-5-2-6-12-23/h1-6,9-12,24H,7-8,13-21H2,(H,28,31)(H,29,33). The van der Waals surface area contributed by atoms with Crippen molar-refractivity contribution in [2.75, 3.05) is 19.6 Å². The largest absolute Gasteiger partial charge is 0.356 e. The molecule has 1 fully saturated rings. The van der Waals surface area contributed by atoms with Gasteiger partial charge in [-0.3, -0.25) is 14.4 Å². The third-order valence-electron chi connectivity index (χ3n) is 6.14. The number of carbonyl (C=O) groups is 3. The van der Waals surface area contributed by atoms with E-state index in [1.807, 2.05) is 48.5 Å². The molecule has 1 aliphatic rings. The van der Waals surface area contributed by atoms with Gasteiger partial charge in [-0.1, -0.05) is 60.7 Å². The topological polar surface area (TPSA) is 78.5 Å². The van der Waals surface area contributed by atoms with Crippen molar-refractivity contribution in [3.8, 4) is 0 Å². The second kappa shape index (κ2) is 13.4. The lowest BCUT2D eigenvalue weighted by Gasteiger charge is -2.23. The van der Waals surface area contributed by atoms with Gasteiger partial charge in [0.2, 0.25) is 17.7 Å². The number of benzene rings is 2. The minimum atomic E-state index is -0.179. The van der Waals surface area contributed by atoms with Crippen LogP contribution in [-0.2, 0) is 27.3 Å². The first-order valence-electron chi connectivity index (χ1n) is 12.0. The maximum absolute atomic E-state index is 12.8. The Hall–Kier alpha value is -3.15. The molecular formula is C27H35N3O3. The minimum absolute atomic E-state index is 0.00749. The number of rotatable bonds is 7. The Bertz CT molecular complexity index is 886. The highest BCUT2D eigenvalue weighted by Crippen LogP contribution is 2.15. The first-order chi connectivity index (χ1) is 16.1. The van der Waals surface area contributed by atoms with Gasteiger partial charge in [-0.05, 0) is 43.2 Å². The fourth-order valence-electron chi connectivity index (χ4n) is 4.18. The maximum Gasteiger partial charge on any atom is 0.223 e. The van der Waals surface area contributed by atoms with E-state index in [-0.39, 0.29) is 23.6 Å². The van der Waals surface area contributed by atoms with Gasteiger partial charge in [0.05, 0.1) is 0 Å². The predicted molar refractivity (Wildman–Crippen MR) is 129 cm³/mol. The highest BCUT2D eigenvalue weighted by molar-refractivity contribution is 5.80. The molecule has 2 N–H and O–H groups in total. The summed E-state index contributed by atoms with van der Waals surface area (Å²) in [6, 6.07) is 20.0. The summed E-state index contributed by atoms with van der Waals surface area (Å²) in [5, 5.41) is 5.93. The van der Waals surface area contributed by atoms with Gasteiger partial charge >= 0.3 is 0 Å². The normalized spacial score (nSPS) is 17.5. The molecular weight excluding hydrogens is 414 g/mol. The van der Waals surface area contributed by atoms with Crippen molar-refractivity contribution in [1.82, 2.24) is 15.5 Å². The van der Waals surface area contributed by atoms with Gasteiger partial charge in [0.15, 0.2) is 0 Å². The third-order valence-corrected chi connectivity index (χ3v) is 6.14. The van der Waals surface area contributed by atoms with E-state index in [9.17, 15) is 14.4 Å². The fourth-order valence-corrected chi connectivity index (χ4v) is 4.18. The summed E-state index contributed by atoms with van der Waals surface area (Å²) >= 11 is 0. The van der Waals surface area contributed by atoms with Crippen LogP contribution in [0.15, 0.2) is 60.7 Å². The predicted octanol–water partition coefficient (Wildman–Crippen LogP) is 3.46. The molecule has 0 aromatic heterocycles. The molecule has 0 spiro atoms. The molecule has 3 amide bonds. The third kappa shape index (κ3) is 8.72.